The Balaban J connectivity index is 1.54. The highest BCUT2D eigenvalue weighted by Crippen LogP contribution is 2.27. The summed E-state index contributed by atoms with van der Waals surface area (Å²) >= 11 is 1.63. The molecule has 0 unspecified atom stereocenters. The van der Waals surface area contributed by atoms with Crippen molar-refractivity contribution in [3.63, 3.8) is 0 Å². The van der Waals surface area contributed by atoms with E-state index in [1.807, 2.05) is 46.7 Å². The number of para-hydroxylation sites is 1. The largest absolute Gasteiger partial charge is 0.369 e. The van der Waals surface area contributed by atoms with Gasteiger partial charge in [-0.05, 0) is 36.4 Å². The van der Waals surface area contributed by atoms with Crippen LogP contribution < -0.4 is 5.32 Å². The Bertz CT molecular complexity index is 872. The second-order valence-electron chi connectivity index (χ2n) is 6.15. The lowest BCUT2D eigenvalue weighted by atomic mass is 10.2. The second-order valence-corrected chi connectivity index (χ2v) is 7.10. The number of aromatic nitrogens is 2. The number of nitrogens with zero attached hydrogens (tertiary/aromatic N) is 3. The Labute approximate surface area is 150 Å². The number of amides is 1. The first-order chi connectivity index (χ1) is 12.3. The average molecular weight is 352 g/mol. The highest BCUT2D eigenvalue weighted by Gasteiger charge is 2.17. The number of likely N-dealkylation sites (tertiary alicyclic amines) is 1. The van der Waals surface area contributed by atoms with E-state index in [2.05, 4.69) is 10.3 Å². The maximum Gasteiger partial charge on any atom is 0.224 e. The zero-order valence-electron chi connectivity index (χ0n) is 13.9. The smallest absolute Gasteiger partial charge is 0.224 e. The first kappa shape index (κ1) is 16.0. The monoisotopic (exact) mass is 352 g/mol. The zero-order valence-corrected chi connectivity index (χ0v) is 14.8. The van der Waals surface area contributed by atoms with Gasteiger partial charge in [-0.2, -0.15) is 0 Å². The number of carbonyl (C=O) groups is 1. The first-order valence-electron chi connectivity index (χ1n) is 8.63. The number of carbonyl (C=O) groups excluding carboxylic acids is 1. The third-order valence-corrected chi connectivity index (χ3v) is 5.30. The topological polar surface area (TPSA) is 58.1 Å². The molecule has 0 saturated carbocycles. The summed E-state index contributed by atoms with van der Waals surface area (Å²) in [6.45, 7) is 2.38. The molecule has 0 spiro atoms. The summed E-state index contributed by atoms with van der Waals surface area (Å²) in [5.41, 5.74) is 0.911. The zero-order chi connectivity index (χ0) is 17.1. The fourth-order valence-electron chi connectivity index (χ4n) is 3.14. The molecule has 1 fully saturated rings. The molecule has 4 rings (SSSR count). The van der Waals surface area contributed by atoms with Crippen molar-refractivity contribution in [3.05, 3.63) is 41.8 Å². The lowest BCUT2D eigenvalue weighted by molar-refractivity contribution is -0.129. The Kier molecular flexibility index (Phi) is 4.61. The third kappa shape index (κ3) is 3.49. The van der Waals surface area contributed by atoms with Crippen molar-refractivity contribution in [2.24, 2.45) is 0 Å². The highest BCUT2D eigenvalue weighted by atomic mass is 32.1. The summed E-state index contributed by atoms with van der Waals surface area (Å²) in [6, 6.07) is 12.0. The number of hydrogen-bond donors (Lipinski definition) is 1. The quantitative estimate of drug-likeness (QED) is 0.759. The van der Waals surface area contributed by atoms with E-state index in [1.54, 1.807) is 11.3 Å². The van der Waals surface area contributed by atoms with E-state index in [0.29, 0.717) is 13.0 Å². The Morgan fingerprint density at radius 2 is 1.96 bits per heavy atom. The van der Waals surface area contributed by atoms with Gasteiger partial charge in [0.25, 0.3) is 0 Å². The van der Waals surface area contributed by atoms with Gasteiger partial charge in [0.05, 0.1) is 10.4 Å². The van der Waals surface area contributed by atoms with Crippen LogP contribution in [0.4, 0.5) is 5.82 Å². The van der Waals surface area contributed by atoms with Gasteiger partial charge >= 0.3 is 0 Å². The minimum absolute atomic E-state index is 0.224. The molecule has 1 aliphatic rings. The molecule has 2 aromatic heterocycles. The van der Waals surface area contributed by atoms with Crippen molar-refractivity contribution in [2.75, 3.05) is 25.0 Å². The van der Waals surface area contributed by atoms with Crippen LogP contribution in [0.2, 0.25) is 0 Å². The maximum absolute atomic E-state index is 12.2. The van der Waals surface area contributed by atoms with Gasteiger partial charge in [0.1, 0.15) is 5.82 Å². The molecular weight excluding hydrogens is 332 g/mol. The van der Waals surface area contributed by atoms with Crippen molar-refractivity contribution in [2.45, 2.75) is 19.3 Å². The molecule has 5 nitrogen and oxygen atoms in total. The number of thiophene rings is 1. The van der Waals surface area contributed by atoms with E-state index < -0.39 is 0 Å². The molecular formula is C19H20N4OS. The molecule has 1 amide bonds. The fraction of sp³-hybridized carbons (Fsp3) is 0.316. The van der Waals surface area contributed by atoms with Crippen LogP contribution in [-0.4, -0.2) is 40.4 Å². The molecule has 25 heavy (non-hydrogen) atoms. The average Bonchev–Trinajstić information content (AvgIpc) is 3.35. The number of benzene rings is 1. The summed E-state index contributed by atoms with van der Waals surface area (Å²) < 4.78 is 0. The third-order valence-electron chi connectivity index (χ3n) is 4.43. The Hall–Kier alpha value is -2.47. The van der Waals surface area contributed by atoms with Crippen LogP contribution in [-0.2, 0) is 4.79 Å². The van der Waals surface area contributed by atoms with Crippen molar-refractivity contribution >= 4 is 34.0 Å². The summed E-state index contributed by atoms with van der Waals surface area (Å²) in [6.07, 6.45) is 2.74. The standard InChI is InChI=1S/C19H20N4OS/c24-17(23-11-3-4-12-23)9-10-20-18-14-6-1-2-7-15(14)21-19(22-18)16-8-5-13-25-16/h1-2,5-8,13H,3-4,9-12H2,(H,20,21,22). The van der Waals surface area contributed by atoms with Gasteiger partial charge in [0.15, 0.2) is 5.82 Å². The second kappa shape index (κ2) is 7.19. The van der Waals surface area contributed by atoms with Gasteiger partial charge in [-0.1, -0.05) is 18.2 Å². The molecule has 6 heteroatoms. The van der Waals surface area contributed by atoms with E-state index in [-0.39, 0.29) is 5.91 Å². The predicted molar refractivity (Wildman–Crippen MR) is 102 cm³/mol. The fourth-order valence-corrected chi connectivity index (χ4v) is 3.80. The van der Waals surface area contributed by atoms with Gasteiger partial charge in [0, 0.05) is 31.4 Å². The van der Waals surface area contributed by atoms with Crippen molar-refractivity contribution in [1.29, 1.82) is 0 Å². The predicted octanol–water partition coefficient (Wildman–Crippen LogP) is 3.78. The van der Waals surface area contributed by atoms with Crippen LogP contribution in [0, 0.1) is 0 Å². The molecule has 3 heterocycles. The van der Waals surface area contributed by atoms with Crippen molar-refractivity contribution in [1.82, 2.24) is 14.9 Å². The highest BCUT2D eigenvalue weighted by molar-refractivity contribution is 7.13. The van der Waals surface area contributed by atoms with Gasteiger partial charge in [-0.25, -0.2) is 9.97 Å². The maximum atomic E-state index is 12.2. The van der Waals surface area contributed by atoms with Crippen LogP contribution in [0.15, 0.2) is 41.8 Å². The molecule has 0 atom stereocenters. The van der Waals surface area contributed by atoms with Gasteiger partial charge in [-0.15, -0.1) is 11.3 Å². The first-order valence-corrected chi connectivity index (χ1v) is 9.51. The molecule has 3 aromatic rings. The number of anilines is 1. The molecule has 1 saturated heterocycles. The van der Waals surface area contributed by atoms with E-state index in [0.717, 1.165) is 53.4 Å². The Morgan fingerprint density at radius 3 is 2.76 bits per heavy atom. The molecule has 1 aromatic carbocycles. The summed E-state index contributed by atoms with van der Waals surface area (Å²) in [4.78, 5) is 24.6. The number of nitrogens with one attached hydrogen (secondary N) is 1. The minimum Gasteiger partial charge on any atom is -0.369 e. The van der Waals surface area contributed by atoms with E-state index in [4.69, 9.17) is 4.98 Å². The normalized spacial score (nSPS) is 14.2. The lowest BCUT2D eigenvalue weighted by Crippen LogP contribution is -2.29. The Morgan fingerprint density at radius 1 is 1.12 bits per heavy atom. The van der Waals surface area contributed by atoms with Gasteiger partial charge in [0.2, 0.25) is 5.91 Å². The van der Waals surface area contributed by atoms with Crippen molar-refractivity contribution < 1.29 is 4.79 Å². The molecule has 0 aliphatic carbocycles. The summed E-state index contributed by atoms with van der Waals surface area (Å²) in [7, 11) is 0. The number of hydrogen-bond acceptors (Lipinski definition) is 5. The van der Waals surface area contributed by atoms with Crippen LogP contribution in [0.1, 0.15) is 19.3 Å². The number of rotatable bonds is 5. The summed E-state index contributed by atoms with van der Waals surface area (Å²) in [5.74, 6) is 1.74. The SMILES string of the molecule is O=C(CCNc1nc(-c2cccs2)nc2ccccc12)N1CCCC1. The molecule has 0 radical (unpaired) electrons. The van der Waals surface area contributed by atoms with Crippen LogP contribution in [0.3, 0.4) is 0 Å². The molecule has 128 valence electrons. The number of fused-ring (bicyclic) bond motifs is 1. The minimum atomic E-state index is 0.224. The van der Waals surface area contributed by atoms with Crippen LogP contribution in [0.5, 0.6) is 0 Å². The van der Waals surface area contributed by atoms with E-state index in [9.17, 15) is 4.79 Å². The lowest BCUT2D eigenvalue weighted by Gasteiger charge is -2.16. The van der Waals surface area contributed by atoms with Gasteiger partial charge in [-0.3, -0.25) is 4.79 Å². The van der Waals surface area contributed by atoms with E-state index in [1.165, 1.54) is 0 Å². The van der Waals surface area contributed by atoms with Gasteiger partial charge < -0.3 is 10.2 Å². The van der Waals surface area contributed by atoms with Crippen molar-refractivity contribution in [3.8, 4) is 10.7 Å². The van der Waals surface area contributed by atoms with E-state index >= 15 is 0 Å². The summed E-state index contributed by atoms with van der Waals surface area (Å²) in [5, 5.41) is 6.36. The molecule has 1 aliphatic heterocycles. The molecule has 0 bridgehead atoms. The van der Waals surface area contributed by atoms with Crippen LogP contribution in [0.25, 0.3) is 21.6 Å². The van der Waals surface area contributed by atoms with Crippen LogP contribution >= 0.6 is 11.3 Å². The molecule has 1 N–H and O–H groups in total.